The summed E-state index contributed by atoms with van der Waals surface area (Å²) in [6.07, 6.45) is 7.11. The SMILES string of the molecule is CCc1noc([C@H](C)Nc2cnn(C[C@H]3CCCO3)c2)n1. The van der Waals surface area contributed by atoms with Gasteiger partial charge in [-0.3, -0.25) is 4.68 Å². The maximum absolute atomic E-state index is 5.62. The summed E-state index contributed by atoms with van der Waals surface area (Å²) >= 11 is 0. The molecular formula is C14H21N5O2. The van der Waals surface area contributed by atoms with E-state index >= 15 is 0 Å². The minimum atomic E-state index is -0.0434. The predicted molar refractivity (Wildman–Crippen MR) is 76.9 cm³/mol. The highest BCUT2D eigenvalue weighted by molar-refractivity contribution is 5.39. The Hall–Kier alpha value is -1.89. The van der Waals surface area contributed by atoms with Crippen LogP contribution in [0.15, 0.2) is 16.9 Å². The van der Waals surface area contributed by atoms with Crippen LogP contribution in [0.25, 0.3) is 0 Å². The Balaban J connectivity index is 1.58. The van der Waals surface area contributed by atoms with E-state index in [1.165, 1.54) is 0 Å². The maximum atomic E-state index is 5.62. The van der Waals surface area contributed by atoms with Crippen LogP contribution in [-0.4, -0.2) is 32.6 Å². The molecule has 1 fully saturated rings. The summed E-state index contributed by atoms with van der Waals surface area (Å²) in [7, 11) is 0. The molecule has 0 unspecified atom stereocenters. The first-order valence-corrected chi connectivity index (χ1v) is 7.47. The van der Waals surface area contributed by atoms with Gasteiger partial charge in [0.2, 0.25) is 5.89 Å². The van der Waals surface area contributed by atoms with Crippen LogP contribution >= 0.6 is 0 Å². The molecule has 114 valence electrons. The van der Waals surface area contributed by atoms with Gasteiger partial charge in [-0.05, 0) is 19.8 Å². The molecule has 0 aliphatic carbocycles. The molecule has 7 heteroatoms. The van der Waals surface area contributed by atoms with Crippen molar-refractivity contribution in [3.63, 3.8) is 0 Å². The third kappa shape index (κ3) is 3.41. The number of anilines is 1. The van der Waals surface area contributed by atoms with E-state index in [0.29, 0.717) is 12.0 Å². The molecule has 3 rings (SSSR count). The molecule has 7 nitrogen and oxygen atoms in total. The van der Waals surface area contributed by atoms with Crippen molar-refractivity contribution < 1.29 is 9.26 Å². The Morgan fingerprint density at radius 2 is 2.43 bits per heavy atom. The van der Waals surface area contributed by atoms with Crippen molar-refractivity contribution in [1.29, 1.82) is 0 Å². The molecule has 0 aromatic carbocycles. The number of nitrogens with one attached hydrogen (secondary N) is 1. The molecule has 1 N–H and O–H groups in total. The van der Waals surface area contributed by atoms with Gasteiger partial charge in [0.15, 0.2) is 5.82 Å². The average Bonchev–Trinajstić information content (AvgIpc) is 3.20. The van der Waals surface area contributed by atoms with E-state index in [1.807, 2.05) is 30.9 Å². The minimum absolute atomic E-state index is 0.0434. The lowest BCUT2D eigenvalue weighted by molar-refractivity contribution is 0.0940. The molecule has 1 aliphatic heterocycles. The zero-order valence-corrected chi connectivity index (χ0v) is 12.5. The van der Waals surface area contributed by atoms with Crippen LogP contribution < -0.4 is 5.32 Å². The van der Waals surface area contributed by atoms with Gasteiger partial charge in [-0.2, -0.15) is 10.1 Å². The molecule has 1 aliphatic rings. The van der Waals surface area contributed by atoms with Crippen LogP contribution in [0.3, 0.4) is 0 Å². The zero-order valence-electron chi connectivity index (χ0n) is 12.5. The van der Waals surface area contributed by atoms with E-state index in [4.69, 9.17) is 9.26 Å². The first-order valence-electron chi connectivity index (χ1n) is 7.47. The summed E-state index contributed by atoms with van der Waals surface area (Å²) in [4.78, 5) is 4.33. The standard InChI is InChI=1S/C14H21N5O2/c1-3-13-17-14(21-18-13)10(2)16-11-7-15-19(8-11)9-12-5-4-6-20-12/h7-8,10,12,16H,3-6,9H2,1-2H3/t10-,12+/m0/s1. The normalized spacial score (nSPS) is 19.8. The molecular weight excluding hydrogens is 270 g/mol. The lowest BCUT2D eigenvalue weighted by Gasteiger charge is -2.09. The second-order valence-electron chi connectivity index (χ2n) is 5.35. The van der Waals surface area contributed by atoms with Gasteiger partial charge in [0.05, 0.1) is 24.5 Å². The highest BCUT2D eigenvalue weighted by atomic mass is 16.5. The summed E-state index contributed by atoms with van der Waals surface area (Å²) < 4.78 is 12.8. The fourth-order valence-electron chi connectivity index (χ4n) is 2.43. The number of nitrogens with zero attached hydrogens (tertiary/aromatic N) is 4. The number of ether oxygens (including phenoxy) is 1. The van der Waals surface area contributed by atoms with Gasteiger partial charge in [-0.25, -0.2) is 0 Å². The highest BCUT2D eigenvalue weighted by Gasteiger charge is 2.17. The molecule has 21 heavy (non-hydrogen) atoms. The number of hydrogen-bond acceptors (Lipinski definition) is 6. The summed E-state index contributed by atoms with van der Waals surface area (Å²) in [6.45, 7) is 5.66. The first kappa shape index (κ1) is 14.1. The molecule has 0 radical (unpaired) electrons. The van der Waals surface area contributed by atoms with Crippen LogP contribution in [0.1, 0.15) is 44.4 Å². The molecule has 0 bridgehead atoms. The molecule has 0 saturated carbocycles. The molecule has 1 saturated heterocycles. The number of aromatic nitrogens is 4. The quantitative estimate of drug-likeness (QED) is 0.879. The van der Waals surface area contributed by atoms with Crippen molar-refractivity contribution in [2.75, 3.05) is 11.9 Å². The molecule has 2 aromatic heterocycles. The van der Waals surface area contributed by atoms with Crippen LogP contribution in [0, 0.1) is 0 Å². The van der Waals surface area contributed by atoms with Gasteiger partial charge in [-0.15, -0.1) is 0 Å². The number of rotatable bonds is 6. The van der Waals surface area contributed by atoms with Gasteiger partial charge in [0.25, 0.3) is 0 Å². The summed E-state index contributed by atoms with van der Waals surface area (Å²) in [6, 6.07) is -0.0434. The average molecular weight is 291 g/mol. The van der Waals surface area contributed by atoms with E-state index < -0.39 is 0 Å². The fraction of sp³-hybridized carbons (Fsp3) is 0.643. The van der Waals surface area contributed by atoms with Gasteiger partial charge < -0.3 is 14.6 Å². The first-order chi connectivity index (χ1) is 10.2. The van der Waals surface area contributed by atoms with Crippen molar-refractivity contribution in [2.24, 2.45) is 0 Å². The molecule has 3 heterocycles. The van der Waals surface area contributed by atoms with E-state index in [0.717, 1.165) is 43.9 Å². The summed E-state index contributed by atoms with van der Waals surface area (Å²) in [5.74, 6) is 1.33. The molecule has 2 aromatic rings. The van der Waals surface area contributed by atoms with Crippen molar-refractivity contribution in [1.82, 2.24) is 19.9 Å². The van der Waals surface area contributed by atoms with Gasteiger partial charge in [0.1, 0.15) is 6.04 Å². The topological polar surface area (TPSA) is 78.0 Å². The summed E-state index contributed by atoms with van der Waals surface area (Å²) in [5, 5.41) is 11.6. The van der Waals surface area contributed by atoms with Gasteiger partial charge in [-0.1, -0.05) is 12.1 Å². The largest absolute Gasteiger partial charge is 0.376 e. The molecule has 0 spiro atoms. The lowest BCUT2D eigenvalue weighted by Crippen LogP contribution is -2.15. The lowest BCUT2D eigenvalue weighted by atomic mass is 10.2. The molecule has 2 atom stereocenters. The van der Waals surface area contributed by atoms with E-state index in [1.54, 1.807) is 0 Å². The van der Waals surface area contributed by atoms with Crippen molar-refractivity contribution in [2.45, 2.75) is 51.8 Å². The third-order valence-electron chi connectivity index (χ3n) is 3.60. The van der Waals surface area contributed by atoms with E-state index in [-0.39, 0.29) is 6.04 Å². The van der Waals surface area contributed by atoms with Crippen molar-refractivity contribution >= 4 is 5.69 Å². The highest BCUT2D eigenvalue weighted by Crippen LogP contribution is 2.19. The Bertz CT molecular complexity index is 573. The number of hydrogen-bond donors (Lipinski definition) is 1. The van der Waals surface area contributed by atoms with Crippen LogP contribution in [0.2, 0.25) is 0 Å². The third-order valence-corrected chi connectivity index (χ3v) is 3.60. The second-order valence-corrected chi connectivity index (χ2v) is 5.35. The van der Waals surface area contributed by atoms with Crippen LogP contribution in [0.4, 0.5) is 5.69 Å². The Morgan fingerprint density at radius 3 is 3.14 bits per heavy atom. The second kappa shape index (κ2) is 6.26. The van der Waals surface area contributed by atoms with E-state index in [9.17, 15) is 0 Å². The Labute approximate surface area is 123 Å². The zero-order chi connectivity index (χ0) is 14.7. The van der Waals surface area contributed by atoms with Crippen molar-refractivity contribution in [3.05, 3.63) is 24.1 Å². The van der Waals surface area contributed by atoms with Gasteiger partial charge >= 0.3 is 0 Å². The molecule has 0 amide bonds. The Morgan fingerprint density at radius 1 is 1.52 bits per heavy atom. The van der Waals surface area contributed by atoms with Gasteiger partial charge in [0, 0.05) is 19.2 Å². The van der Waals surface area contributed by atoms with Crippen LogP contribution in [-0.2, 0) is 17.7 Å². The van der Waals surface area contributed by atoms with Crippen LogP contribution in [0.5, 0.6) is 0 Å². The van der Waals surface area contributed by atoms with Crippen molar-refractivity contribution in [3.8, 4) is 0 Å². The smallest absolute Gasteiger partial charge is 0.248 e. The maximum Gasteiger partial charge on any atom is 0.248 e. The predicted octanol–water partition coefficient (Wildman–Crippen LogP) is 2.18. The fourth-order valence-corrected chi connectivity index (χ4v) is 2.43. The summed E-state index contributed by atoms with van der Waals surface area (Å²) in [5.41, 5.74) is 0.941. The minimum Gasteiger partial charge on any atom is -0.376 e. The Kier molecular flexibility index (Phi) is 4.19. The monoisotopic (exact) mass is 291 g/mol. The van der Waals surface area contributed by atoms with E-state index in [2.05, 4.69) is 20.6 Å². The number of aryl methyl sites for hydroxylation is 1.